The minimum absolute atomic E-state index is 0.186. The second-order valence-electron chi connectivity index (χ2n) is 4.89. The maximum atomic E-state index is 10.5. The molecule has 0 aromatic rings. The van der Waals surface area contributed by atoms with E-state index < -0.39 is 6.16 Å². The summed E-state index contributed by atoms with van der Waals surface area (Å²) < 4.78 is 4.86. The number of rotatable bonds is 1. The van der Waals surface area contributed by atoms with E-state index in [1.165, 1.54) is 5.57 Å². The molecule has 1 fully saturated rings. The zero-order chi connectivity index (χ0) is 10.5. The molecule has 3 nitrogen and oxygen atoms in total. The van der Waals surface area contributed by atoms with Gasteiger partial charge >= 0.3 is 6.16 Å². The van der Waals surface area contributed by atoms with Crippen LogP contribution in [0.25, 0.3) is 0 Å². The smallest absolute Gasteiger partial charge is 0.450 e. The molecule has 3 aliphatic carbocycles. The van der Waals surface area contributed by atoms with Crippen LogP contribution in [0.2, 0.25) is 0 Å². The maximum absolute atomic E-state index is 10.5. The molecule has 0 heterocycles. The summed E-state index contributed by atoms with van der Waals surface area (Å²) in [5, 5.41) is 8.57. The molecule has 78 valence electrons. The molecular weight excluding hydrogens is 180 g/mol. The third-order valence-electron chi connectivity index (χ3n) is 3.95. The fourth-order valence-corrected chi connectivity index (χ4v) is 2.81. The van der Waals surface area contributed by atoms with E-state index in [2.05, 4.69) is 13.8 Å². The van der Waals surface area contributed by atoms with E-state index in [-0.39, 0.29) is 11.5 Å². The van der Waals surface area contributed by atoms with Crippen LogP contribution in [0.5, 0.6) is 0 Å². The summed E-state index contributed by atoms with van der Waals surface area (Å²) in [7, 11) is 0. The van der Waals surface area contributed by atoms with Crippen LogP contribution >= 0.6 is 0 Å². The van der Waals surface area contributed by atoms with Crippen molar-refractivity contribution in [1.82, 2.24) is 0 Å². The first-order valence-corrected chi connectivity index (χ1v) is 5.02. The molecule has 0 radical (unpaired) electrons. The number of allylic oxidation sites excluding steroid dienone is 1. The second-order valence-corrected chi connectivity index (χ2v) is 4.89. The first kappa shape index (κ1) is 9.56. The lowest BCUT2D eigenvalue weighted by atomic mass is 9.52. The van der Waals surface area contributed by atoms with Crippen molar-refractivity contribution in [1.29, 1.82) is 0 Å². The Kier molecular flexibility index (Phi) is 1.88. The van der Waals surface area contributed by atoms with Gasteiger partial charge in [0.2, 0.25) is 0 Å². The van der Waals surface area contributed by atoms with Gasteiger partial charge in [-0.1, -0.05) is 19.4 Å². The molecule has 0 saturated heterocycles. The van der Waals surface area contributed by atoms with Gasteiger partial charge in [0.1, 0.15) is 6.10 Å². The van der Waals surface area contributed by atoms with Crippen molar-refractivity contribution in [2.45, 2.75) is 39.7 Å². The van der Waals surface area contributed by atoms with E-state index >= 15 is 0 Å². The summed E-state index contributed by atoms with van der Waals surface area (Å²) in [6.45, 7) is 6.47. The van der Waals surface area contributed by atoms with E-state index in [1.807, 2.05) is 6.92 Å². The van der Waals surface area contributed by atoms with Gasteiger partial charge in [0.15, 0.2) is 0 Å². The fourth-order valence-electron chi connectivity index (χ4n) is 2.81. The van der Waals surface area contributed by atoms with E-state index in [4.69, 9.17) is 9.84 Å². The topological polar surface area (TPSA) is 46.5 Å². The summed E-state index contributed by atoms with van der Waals surface area (Å²) in [6, 6.07) is 0. The van der Waals surface area contributed by atoms with Crippen LogP contribution < -0.4 is 0 Å². The summed E-state index contributed by atoms with van der Waals surface area (Å²) in [4.78, 5) is 10.5. The van der Waals surface area contributed by atoms with Crippen molar-refractivity contribution >= 4 is 6.16 Å². The lowest BCUT2D eigenvalue weighted by molar-refractivity contribution is 0.0143. The first-order valence-electron chi connectivity index (χ1n) is 5.02. The van der Waals surface area contributed by atoms with Crippen LogP contribution in [0, 0.1) is 11.3 Å². The van der Waals surface area contributed by atoms with E-state index in [9.17, 15) is 4.79 Å². The van der Waals surface area contributed by atoms with Gasteiger partial charge < -0.3 is 9.84 Å². The summed E-state index contributed by atoms with van der Waals surface area (Å²) in [5.41, 5.74) is 2.82. The molecule has 0 aromatic carbocycles. The zero-order valence-corrected chi connectivity index (χ0v) is 8.83. The van der Waals surface area contributed by atoms with Gasteiger partial charge in [0.25, 0.3) is 0 Å². The lowest BCUT2D eigenvalue weighted by Crippen LogP contribution is -2.46. The Morgan fingerprint density at radius 3 is 2.64 bits per heavy atom. The number of hydrogen-bond acceptors (Lipinski definition) is 2. The van der Waals surface area contributed by atoms with Gasteiger partial charge in [-0.05, 0) is 36.7 Å². The van der Waals surface area contributed by atoms with Crippen molar-refractivity contribution < 1.29 is 14.6 Å². The average molecular weight is 196 g/mol. The predicted octanol–water partition coefficient (Wildman–Crippen LogP) is 2.82. The molecule has 1 saturated carbocycles. The van der Waals surface area contributed by atoms with E-state index in [1.54, 1.807) is 0 Å². The highest BCUT2D eigenvalue weighted by Gasteiger charge is 2.50. The molecule has 3 aliphatic rings. The molecule has 3 heteroatoms. The number of carbonyl (C=O) groups is 1. The molecular formula is C11H16O3. The molecule has 0 aliphatic heterocycles. The van der Waals surface area contributed by atoms with Crippen molar-refractivity contribution in [3.8, 4) is 0 Å². The summed E-state index contributed by atoms with van der Waals surface area (Å²) in [6.07, 6.45) is 0.649. The Balaban J connectivity index is 2.21. The zero-order valence-electron chi connectivity index (χ0n) is 8.83. The molecule has 2 unspecified atom stereocenters. The first-order chi connectivity index (χ1) is 6.43. The Bertz CT molecular complexity index is 314. The number of ether oxygens (including phenoxy) is 1. The number of carboxylic acid groups (broad SMARTS) is 1. The van der Waals surface area contributed by atoms with Crippen LogP contribution in [-0.2, 0) is 4.74 Å². The highest BCUT2D eigenvalue weighted by molar-refractivity contribution is 5.58. The fraction of sp³-hybridized carbons (Fsp3) is 0.727. The third-order valence-corrected chi connectivity index (χ3v) is 3.95. The van der Waals surface area contributed by atoms with Crippen LogP contribution in [0.4, 0.5) is 4.79 Å². The normalized spacial score (nSPS) is 33.6. The largest absolute Gasteiger partial charge is 0.506 e. The third kappa shape index (κ3) is 1.15. The van der Waals surface area contributed by atoms with Crippen molar-refractivity contribution in [3.05, 3.63) is 11.1 Å². The van der Waals surface area contributed by atoms with Gasteiger partial charge in [-0.15, -0.1) is 0 Å². The molecule has 1 N–H and O–H groups in total. The minimum Gasteiger partial charge on any atom is -0.450 e. The standard InChI is InChI=1S/C11H16O3/c1-6-8-4-7(11(8,2)3)5-9(6)14-10(12)13/h7,9H,4-5H2,1-3H3,(H,12,13). The summed E-state index contributed by atoms with van der Waals surface area (Å²) in [5.74, 6) is 0.602. The number of fused-ring (bicyclic) bond motifs is 2. The maximum Gasteiger partial charge on any atom is 0.506 e. The number of hydrogen-bond donors (Lipinski definition) is 1. The van der Waals surface area contributed by atoms with Crippen molar-refractivity contribution in [2.75, 3.05) is 0 Å². The van der Waals surface area contributed by atoms with Gasteiger partial charge in [0.05, 0.1) is 0 Å². The molecule has 0 spiro atoms. The molecule has 2 atom stereocenters. The second kappa shape index (κ2) is 2.75. The SMILES string of the molecule is CC1=C2CC(CC1OC(=O)O)C2(C)C. The monoisotopic (exact) mass is 196 g/mol. The van der Waals surface area contributed by atoms with Gasteiger partial charge in [-0.2, -0.15) is 0 Å². The van der Waals surface area contributed by atoms with E-state index in [0.29, 0.717) is 5.92 Å². The highest BCUT2D eigenvalue weighted by Crippen LogP contribution is 2.58. The molecule has 14 heavy (non-hydrogen) atoms. The Morgan fingerprint density at radius 2 is 2.21 bits per heavy atom. The van der Waals surface area contributed by atoms with Gasteiger partial charge in [-0.3, -0.25) is 0 Å². The molecule has 0 aromatic heterocycles. The minimum atomic E-state index is -1.16. The Hall–Kier alpha value is -0.990. The van der Waals surface area contributed by atoms with E-state index in [0.717, 1.165) is 18.4 Å². The summed E-state index contributed by atoms with van der Waals surface area (Å²) >= 11 is 0. The predicted molar refractivity (Wildman–Crippen MR) is 52.1 cm³/mol. The molecule has 0 amide bonds. The van der Waals surface area contributed by atoms with Crippen molar-refractivity contribution in [2.24, 2.45) is 11.3 Å². The van der Waals surface area contributed by atoms with Crippen LogP contribution in [0.3, 0.4) is 0 Å². The van der Waals surface area contributed by atoms with Gasteiger partial charge in [-0.25, -0.2) is 4.79 Å². The Labute approximate surface area is 83.8 Å². The molecule has 2 bridgehead atoms. The average Bonchev–Trinajstić information content (AvgIpc) is 2.06. The van der Waals surface area contributed by atoms with Crippen molar-refractivity contribution in [3.63, 3.8) is 0 Å². The highest BCUT2D eigenvalue weighted by atomic mass is 16.7. The van der Waals surface area contributed by atoms with Gasteiger partial charge in [0, 0.05) is 0 Å². The quantitative estimate of drug-likeness (QED) is 0.518. The lowest BCUT2D eigenvalue weighted by Gasteiger charge is -2.54. The Morgan fingerprint density at radius 1 is 1.57 bits per heavy atom. The van der Waals surface area contributed by atoms with Crippen LogP contribution in [-0.4, -0.2) is 17.4 Å². The van der Waals surface area contributed by atoms with Crippen LogP contribution in [0.1, 0.15) is 33.6 Å². The van der Waals surface area contributed by atoms with Crippen LogP contribution in [0.15, 0.2) is 11.1 Å². The molecule has 3 rings (SSSR count).